The normalized spacial score (nSPS) is 12.4. The third kappa shape index (κ3) is 3.56. The number of furan rings is 1. The molecule has 0 radical (unpaired) electrons. The molecule has 0 amide bonds. The van der Waals surface area contributed by atoms with Gasteiger partial charge in [-0.15, -0.1) is 11.3 Å². The molecule has 0 saturated heterocycles. The largest absolute Gasteiger partial charge is 0.455 e. The van der Waals surface area contributed by atoms with E-state index < -0.39 is 0 Å². The van der Waals surface area contributed by atoms with Crippen LogP contribution >= 0.6 is 11.3 Å². The summed E-state index contributed by atoms with van der Waals surface area (Å²) in [4.78, 5) is 0. The quantitative estimate of drug-likeness (QED) is 0.170. The average Bonchev–Trinajstić information content (AvgIpc) is 3.74. The molecule has 0 aliphatic carbocycles. The molecule has 0 saturated carbocycles. The first-order valence-electron chi connectivity index (χ1n) is 17.2. The van der Waals surface area contributed by atoms with Crippen molar-refractivity contribution in [3.05, 3.63) is 158 Å². The molecule has 0 aliphatic rings. The number of hydrogen-bond donors (Lipinski definition) is 0. The van der Waals surface area contributed by atoms with E-state index in [9.17, 15) is 0 Å². The van der Waals surface area contributed by atoms with Crippen LogP contribution in [0, 0.1) is 0 Å². The van der Waals surface area contributed by atoms with E-state index in [-0.39, 0.29) is 0 Å². The van der Waals surface area contributed by atoms with Crippen LogP contribution in [-0.4, -0.2) is 0 Å². The van der Waals surface area contributed by atoms with Crippen molar-refractivity contribution in [3.63, 3.8) is 0 Å². The molecular weight excluding hydrogens is 625 g/mol. The standard InChI is InChI=1S/C48H26OS/c1-2-8-32-26-42-41(24-31(32)7-1)46-38(36-18-15-30-13-12-28-9-5-10-29-16-19-37(36)45(30)44(28)29)22-21-34(47(46)49-42)33-17-23-43-40(25-33)39-20-14-27-6-3-4-11-35(27)48(39)50-43/h1-26H. The first-order valence-corrected chi connectivity index (χ1v) is 18.0. The minimum Gasteiger partial charge on any atom is -0.455 e. The molecule has 0 atom stereocenters. The highest BCUT2D eigenvalue weighted by Crippen LogP contribution is 2.47. The third-order valence-corrected chi connectivity index (χ3v) is 12.2. The molecule has 2 heterocycles. The van der Waals surface area contributed by atoms with Crippen LogP contribution in [0.15, 0.2) is 162 Å². The number of hydrogen-bond acceptors (Lipinski definition) is 2. The van der Waals surface area contributed by atoms with Crippen LogP contribution in [0.2, 0.25) is 0 Å². The van der Waals surface area contributed by atoms with Gasteiger partial charge in [0.1, 0.15) is 11.2 Å². The Bertz CT molecular complexity index is 3360. The fourth-order valence-electron chi connectivity index (χ4n) is 8.66. The van der Waals surface area contributed by atoms with Crippen molar-refractivity contribution in [2.45, 2.75) is 0 Å². The maximum Gasteiger partial charge on any atom is 0.143 e. The summed E-state index contributed by atoms with van der Waals surface area (Å²) in [6.45, 7) is 0. The van der Waals surface area contributed by atoms with E-state index in [0.29, 0.717) is 0 Å². The fraction of sp³-hybridized carbons (Fsp3) is 0. The molecule has 230 valence electrons. The third-order valence-electron chi connectivity index (χ3n) is 11.0. The van der Waals surface area contributed by atoms with Crippen LogP contribution in [-0.2, 0) is 0 Å². The summed E-state index contributed by atoms with van der Waals surface area (Å²) < 4.78 is 9.63. The van der Waals surface area contributed by atoms with Crippen molar-refractivity contribution in [2.75, 3.05) is 0 Å². The molecule has 0 N–H and O–H groups in total. The molecule has 50 heavy (non-hydrogen) atoms. The summed E-state index contributed by atoms with van der Waals surface area (Å²) in [6, 6.07) is 58.2. The highest BCUT2D eigenvalue weighted by molar-refractivity contribution is 7.26. The molecular formula is C48H26OS. The summed E-state index contributed by atoms with van der Waals surface area (Å²) in [5, 5.41) is 17.7. The molecule has 1 nitrogen and oxygen atoms in total. The molecule has 0 spiro atoms. The van der Waals surface area contributed by atoms with Crippen molar-refractivity contribution in [3.8, 4) is 22.3 Å². The average molecular weight is 651 g/mol. The van der Waals surface area contributed by atoms with E-state index in [0.717, 1.165) is 22.1 Å². The number of thiophene rings is 1. The molecule has 2 aromatic heterocycles. The van der Waals surface area contributed by atoms with E-state index in [1.165, 1.54) is 96.1 Å². The zero-order chi connectivity index (χ0) is 32.5. The van der Waals surface area contributed by atoms with Crippen molar-refractivity contribution in [2.24, 2.45) is 0 Å². The SMILES string of the molecule is c1ccc2cc3c(cc2c1)oc1c(-c2ccc4sc5c6ccccc6ccc5c4c2)ccc(-c2ccc4ccc5cccc6ccc2c4c56)c13. The highest BCUT2D eigenvalue weighted by atomic mass is 32.1. The van der Waals surface area contributed by atoms with Crippen molar-refractivity contribution in [1.29, 1.82) is 0 Å². The minimum atomic E-state index is 0.915. The van der Waals surface area contributed by atoms with Gasteiger partial charge in [0.2, 0.25) is 0 Å². The van der Waals surface area contributed by atoms with Gasteiger partial charge in [0, 0.05) is 36.5 Å². The molecule has 10 aromatic carbocycles. The van der Waals surface area contributed by atoms with Crippen molar-refractivity contribution in [1.82, 2.24) is 0 Å². The lowest BCUT2D eigenvalue weighted by Crippen LogP contribution is -1.89. The Morgan fingerprint density at radius 3 is 1.90 bits per heavy atom. The van der Waals surface area contributed by atoms with Gasteiger partial charge >= 0.3 is 0 Å². The lowest BCUT2D eigenvalue weighted by Gasteiger charge is -2.15. The van der Waals surface area contributed by atoms with Crippen LogP contribution in [0.4, 0.5) is 0 Å². The predicted molar refractivity (Wildman–Crippen MR) is 216 cm³/mol. The van der Waals surface area contributed by atoms with Crippen LogP contribution in [0.5, 0.6) is 0 Å². The van der Waals surface area contributed by atoms with E-state index in [2.05, 4.69) is 158 Å². The number of fused-ring (bicyclic) bond motifs is 9. The van der Waals surface area contributed by atoms with E-state index in [1.54, 1.807) is 0 Å². The van der Waals surface area contributed by atoms with E-state index >= 15 is 0 Å². The van der Waals surface area contributed by atoms with Gasteiger partial charge in [-0.25, -0.2) is 0 Å². The maximum absolute atomic E-state index is 6.97. The molecule has 0 fully saturated rings. The molecule has 0 bridgehead atoms. The smallest absolute Gasteiger partial charge is 0.143 e. The first kappa shape index (κ1) is 26.7. The van der Waals surface area contributed by atoms with Gasteiger partial charge in [0.15, 0.2) is 0 Å². The van der Waals surface area contributed by atoms with Gasteiger partial charge in [-0.2, -0.15) is 0 Å². The second-order valence-corrected chi connectivity index (χ2v) is 14.7. The first-order chi connectivity index (χ1) is 24.8. The van der Waals surface area contributed by atoms with Gasteiger partial charge in [0.05, 0.1) is 0 Å². The Balaban J connectivity index is 1.17. The Morgan fingerprint density at radius 1 is 0.360 bits per heavy atom. The summed E-state index contributed by atoms with van der Waals surface area (Å²) in [6.07, 6.45) is 0. The molecule has 12 aromatic rings. The lowest BCUT2D eigenvalue weighted by atomic mass is 9.87. The summed E-state index contributed by atoms with van der Waals surface area (Å²) in [7, 11) is 0. The summed E-state index contributed by atoms with van der Waals surface area (Å²) in [5.74, 6) is 0. The predicted octanol–water partition coefficient (Wildman–Crippen LogP) is 14.5. The van der Waals surface area contributed by atoms with E-state index in [1.807, 2.05) is 11.3 Å². The number of benzene rings is 10. The van der Waals surface area contributed by atoms with Gasteiger partial charge < -0.3 is 4.42 Å². The Hall–Kier alpha value is -6.22. The van der Waals surface area contributed by atoms with Crippen LogP contribution in [0.25, 0.3) is 118 Å². The Morgan fingerprint density at radius 2 is 1.02 bits per heavy atom. The van der Waals surface area contributed by atoms with E-state index in [4.69, 9.17) is 4.42 Å². The van der Waals surface area contributed by atoms with Gasteiger partial charge in [-0.1, -0.05) is 127 Å². The Labute approximate surface area is 290 Å². The van der Waals surface area contributed by atoms with Crippen molar-refractivity contribution >= 4 is 107 Å². The lowest BCUT2D eigenvalue weighted by molar-refractivity contribution is 0.670. The summed E-state index contributed by atoms with van der Waals surface area (Å²) in [5.41, 5.74) is 6.56. The second kappa shape index (κ2) is 9.69. The van der Waals surface area contributed by atoms with Crippen molar-refractivity contribution < 1.29 is 4.42 Å². The van der Waals surface area contributed by atoms with Gasteiger partial charge in [-0.05, 0) is 101 Å². The van der Waals surface area contributed by atoms with Crippen LogP contribution in [0.1, 0.15) is 0 Å². The monoisotopic (exact) mass is 650 g/mol. The second-order valence-electron chi connectivity index (χ2n) is 13.6. The fourth-order valence-corrected chi connectivity index (χ4v) is 9.88. The maximum atomic E-state index is 6.97. The molecule has 0 unspecified atom stereocenters. The van der Waals surface area contributed by atoms with Crippen LogP contribution < -0.4 is 0 Å². The summed E-state index contributed by atoms with van der Waals surface area (Å²) >= 11 is 1.88. The molecule has 12 rings (SSSR count). The van der Waals surface area contributed by atoms with Crippen LogP contribution in [0.3, 0.4) is 0 Å². The topological polar surface area (TPSA) is 13.1 Å². The minimum absolute atomic E-state index is 0.915. The molecule has 2 heteroatoms. The highest BCUT2D eigenvalue weighted by Gasteiger charge is 2.21. The Kier molecular flexibility index (Phi) is 5.18. The zero-order valence-corrected chi connectivity index (χ0v) is 27.6. The number of rotatable bonds is 2. The van der Waals surface area contributed by atoms with Gasteiger partial charge in [0.25, 0.3) is 0 Å². The zero-order valence-electron chi connectivity index (χ0n) is 26.8. The van der Waals surface area contributed by atoms with Gasteiger partial charge in [-0.3, -0.25) is 0 Å². The molecule has 0 aliphatic heterocycles.